The van der Waals surface area contributed by atoms with E-state index < -0.39 is 11.6 Å². The Morgan fingerprint density at radius 2 is 1.89 bits per heavy atom. The van der Waals surface area contributed by atoms with Crippen LogP contribution in [0.4, 0.5) is 5.82 Å². The maximum absolute atomic E-state index is 12.8. The minimum Gasteiger partial charge on any atom is -0.493 e. The van der Waals surface area contributed by atoms with Crippen molar-refractivity contribution in [3.63, 3.8) is 0 Å². The molecule has 1 fully saturated rings. The van der Waals surface area contributed by atoms with Crippen molar-refractivity contribution in [1.82, 2.24) is 9.97 Å². The number of nitrogens with one attached hydrogen (secondary N) is 1. The maximum atomic E-state index is 12.8. The Labute approximate surface area is 207 Å². The Hall–Kier alpha value is -4.24. The van der Waals surface area contributed by atoms with Crippen molar-refractivity contribution in [2.45, 2.75) is 25.4 Å². The molecule has 1 aromatic heterocycles. The third-order valence-electron chi connectivity index (χ3n) is 5.89. The second-order valence-corrected chi connectivity index (χ2v) is 8.38. The van der Waals surface area contributed by atoms with Crippen molar-refractivity contribution in [2.24, 2.45) is 0 Å². The molecule has 9 nitrogen and oxygen atoms in total. The molecule has 0 bridgehead atoms. The fourth-order valence-corrected chi connectivity index (χ4v) is 4.02. The summed E-state index contributed by atoms with van der Waals surface area (Å²) >= 11 is 0. The van der Waals surface area contributed by atoms with E-state index >= 15 is 0 Å². The highest BCUT2D eigenvalue weighted by Crippen LogP contribution is 2.35. The van der Waals surface area contributed by atoms with Crippen LogP contribution >= 0.6 is 0 Å². The van der Waals surface area contributed by atoms with Gasteiger partial charge in [-0.25, -0.2) is 9.97 Å². The topological polar surface area (TPSA) is 109 Å². The van der Waals surface area contributed by atoms with Crippen molar-refractivity contribution in [3.05, 3.63) is 72.4 Å². The molecule has 1 unspecified atom stereocenters. The second-order valence-electron chi connectivity index (χ2n) is 8.38. The van der Waals surface area contributed by atoms with Gasteiger partial charge >= 0.3 is 0 Å². The highest BCUT2D eigenvalue weighted by molar-refractivity contribution is 6.20. The molecule has 5 rings (SSSR count). The number of methoxy groups -OCH3 is 1. The lowest BCUT2D eigenvalue weighted by molar-refractivity contribution is -0.116. The van der Waals surface area contributed by atoms with E-state index in [1.165, 1.54) is 18.5 Å². The number of hydrogen-bond acceptors (Lipinski definition) is 9. The maximum Gasteiger partial charge on any atom is 0.223 e. The quantitative estimate of drug-likeness (QED) is 0.472. The first kappa shape index (κ1) is 23.5. The number of carbonyl (C=O) groups excluding carboxylic acids is 2. The summed E-state index contributed by atoms with van der Waals surface area (Å²) in [6.07, 6.45) is 6.95. The number of fused-ring (bicyclic) bond motifs is 1. The standard InChI is InChI=1S/C27H25N3O6/c1-33-25-11-19-20(13-26(25)35-15-18-9-5-6-10-34-18)28-16-29-27(19)30-21-12-23(32)24(14-22(21)31)36-17-7-3-2-4-8-17/h2-4,7-8,11-14,16,18H,5-6,9-10,15H2,1H3,(H,28,29,30). The molecule has 36 heavy (non-hydrogen) atoms. The molecule has 0 amide bonds. The van der Waals surface area contributed by atoms with Crippen LogP contribution in [0.3, 0.4) is 0 Å². The summed E-state index contributed by atoms with van der Waals surface area (Å²) in [5.74, 6) is 0.969. The van der Waals surface area contributed by atoms with E-state index in [0.29, 0.717) is 40.6 Å². The summed E-state index contributed by atoms with van der Waals surface area (Å²) in [5, 5.41) is 3.57. The van der Waals surface area contributed by atoms with E-state index in [0.717, 1.165) is 25.9 Å². The minimum atomic E-state index is -0.433. The molecule has 1 saturated heterocycles. The van der Waals surface area contributed by atoms with E-state index in [4.69, 9.17) is 18.9 Å². The molecule has 184 valence electrons. The molecule has 9 heteroatoms. The Balaban J connectivity index is 1.35. The first-order valence-electron chi connectivity index (χ1n) is 11.7. The molecular formula is C27H25N3O6. The molecule has 0 radical (unpaired) electrons. The van der Waals surface area contributed by atoms with Crippen LogP contribution in [0, 0.1) is 0 Å². The first-order chi connectivity index (χ1) is 17.6. The van der Waals surface area contributed by atoms with Crippen LogP contribution in [0.5, 0.6) is 17.2 Å². The van der Waals surface area contributed by atoms with Crippen molar-refractivity contribution in [2.75, 3.05) is 25.6 Å². The molecule has 1 aliphatic carbocycles. The van der Waals surface area contributed by atoms with E-state index in [2.05, 4.69) is 15.3 Å². The average Bonchev–Trinajstić information content (AvgIpc) is 2.91. The number of ether oxygens (including phenoxy) is 4. The van der Waals surface area contributed by atoms with Crippen LogP contribution in [-0.2, 0) is 14.3 Å². The van der Waals surface area contributed by atoms with Gasteiger partial charge in [-0.05, 0) is 37.5 Å². The minimum absolute atomic E-state index is 0.0466. The van der Waals surface area contributed by atoms with Crippen molar-refractivity contribution >= 4 is 28.3 Å². The lowest BCUT2D eigenvalue weighted by atomic mass is 10.1. The van der Waals surface area contributed by atoms with Gasteiger partial charge in [-0.15, -0.1) is 0 Å². The zero-order chi connectivity index (χ0) is 24.9. The molecule has 1 aliphatic heterocycles. The number of anilines is 1. The molecule has 1 N–H and O–H groups in total. The highest BCUT2D eigenvalue weighted by atomic mass is 16.5. The monoisotopic (exact) mass is 487 g/mol. The Morgan fingerprint density at radius 3 is 2.67 bits per heavy atom. The second kappa shape index (κ2) is 10.6. The van der Waals surface area contributed by atoms with E-state index in [9.17, 15) is 9.59 Å². The smallest absolute Gasteiger partial charge is 0.223 e. The normalized spacial score (nSPS) is 17.9. The van der Waals surface area contributed by atoms with Gasteiger partial charge in [-0.2, -0.15) is 0 Å². The van der Waals surface area contributed by atoms with Crippen LogP contribution in [0.25, 0.3) is 10.9 Å². The molecular weight excluding hydrogens is 462 g/mol. The van der Waals surface area contributed by atoms with Crippen molar-refractivity contribution < 1.29 is 28.5 Å². The molecule has 0 saturated carbocycles. The fourth-order valence-electron chi connectivity index (χ4n) is 4.02. The van der Waals surface area contributed by atoms with E-state index in [1.807, 2.05) is 6.07 Å². The lowest BCUT2D eigenvalue weighted by Crippen LogP contribution is -2.25. The number of aromatic nitrogens is 2. The fraction of sp³-hybridized carbons (Fsp3) is 0.259. The number of hydrogen-bond donors (Lipinski definition) is 1. The van der Waals surface area contributed by atoms with Gasteiger partial charge in [0.1, 0.15) is 24.5 Å². The van der Waals surface area contributed by atoms with Gasteiger partial charge in [0.2, 0.25) is 11.6 Å². The van der Waals surface area contributed by atoms with Gasteiger partial charge in [0.15, 0.2) is 17.3 Å². The molecule has 3 aromatic rings. The lowest BCUT2D eigenvalue weighted by Gasteiger charge is -2.23. The van der Waals surface area contributed by atoms with Crippen LogP contribution in [0.1, 0.15) is 19.3 Å². The molecule has 0 spiro atoms. The van der Waals surface area contributed by atoms with Crippen LogP contribution < -0.4 is 19.5 Å². The Bertz CT molecular complexity index is 1350. The SMILES string of the molecule is COc1cc2c(NC3=CC(=O)C(Oc4ccccc4)=CC3=O)ncnc2cc1OCC1CCCCO1. The van der Waals surface area contributed by atoms with Crippen LogP contribution in [-0.4, -0.2) is 48.0 Å². The predicted octanol–water partition coefficient (Wildman–Crippen LogP) is 4.00. The van der Waals surface area contributed by atoms with Crippen LogP contribution in [0.15, 0.2) is 72.4 Å². The van der Waals surface area contributed by atoms with Gasteiger partial charge in [-0.1, -0.05) is 18.2 Å². The third-order valence-corrected chi connectivity index (χ3v) is 5.89. The van der Waals surface area contributed by atoms with Gasteiger partial charge in [-0.3, -0.25) is 9.59 Å². The first-order valence-corrected chi connectivity index (χ1v) is 11.7. The Kier molecular flexibility index (Phi) is 6.90. The van der Waals surface area contributed by atoms with Crippen LogP contribution in [0.2, 0.25) is 0 Å². The highest BCUT2D eigenvalue weighted by Gasteiger charge is 2.24. The average molecular weight is 488 g/mol. The zero-order valence-corrected chi connectivity index (χ0v) is 19.7. The summed E-state index contributed by atoms with van der Waals surface area (Å²) < 4.78 is 22.8. The summed E-state index contributed by atoms with van der Waals surface area (Å²) in [4.78, 5) is 34.0. The van der Waals surface area contributed by atoms with Gasteiger partial charge in [0, 0.05) is 30.2 Å². The third kappa shape index (κ3) is 5.21. The number of nitrogens with zero attached hydrogens (tertiary/aromatic N) is 2. The van der Waals surface area contributed by atoms with E-state index in [1.54, 1.807) is 43.5 Å². The molecule has 1 atom stereocenters. The van der Waals surface area contributed by atoms with Gasteiger partial charge < -0.3 is 24.3 Å². The molecule has 2 aliphatic rings. The molecule has 2 heterocycles. The summed E-state index contributed by atoms with van der Waals surface area (Å²) in [6.45, 7) is 1.17. The predicted molar refractivity (Wildman–Crippen MR) is 132 cm³/mol. The number of ketones is 2. The largest absolute Gasteiger partial charge is 0.493 e. The number of carbonyl (C=O) groups is 2. The summed E-state index contributed by atoms with van der Waals surface area (Å²) in [5.41, 5.74) is 0.667. The van der Waals surface area contributed by atoms with Crippen molar-refractivity contribution in [3.8, 4) is 17.2 Å². The Morgan fingerprint density at radius 1 is 1.03 bits per heavy atom. The van der Waals surface area contributed by atoms with Gasteiger partial charge in [0.05, 0.1) is 24.4 Å². The summed E-state index contributed by atoms with van der Waals surface area (Å²) in [6, 6.07) is 12.3. The summed E-state index contributed by atoms with van der Waals surface area (Å²) in [7, 11) is 1.55. The number of allylic oxidation sites excluding steroid dienone is 2. The number of benzene rings is 2. The zero-order valence-electron chi connectivity index (χ0n) is 19.7. The van der Waals surface area contributed by atoms with Crippen molar-refractivity contribution in [1.29, 1.82) is 0 Å². The number of para-hydroxylation sites is 1. The number of rotatable bonds is 8. The molecule has 2 aromatic carbocycles. The van der Waals surface area contributed by atoms with E-state index in [-0.39, 0.29) is 17.6 Å². The van der Waals surface area contributed by atoms with Gasteiger partial charge in [0.25, 0.3) is 0 Å².